The van der Waals surface area contributed by atoms with Crippen molar-refractivity contribution in [1.82, 2.24) is 15.1 Å². The minimum absolute atomic E-state index is 0.0873. The van der Waals surface area contributed by atoms with Crippen LogP contribution in [0.25, 0.3) is 0 Å². The molecule has 0 unspecified atom stereocenters. The van der Waals surface area contributed by atoms with Crippen molar-refractivity contribution in [3.05, 3.63) is 42.0 Å². The number of aromatic nitrogens is 2. The third-order valence-electron chi connectivity index (χ3n) is 2.64. The molecule has 0 atom stereocenters. The molecule has 0 aliphatic heterocycles. The van der Waals surface area contributed by atoms with E-state index in [1.54, 1.807) is 14.1 Å². The third kappa shape index (κ3) is 3.14. The van der Waals surface area contributed by atoms with E-state index in [0.717, 1.165) is 6.07 Å². The van der Waals surface area contributed by atoms with Gasteiger partial charge in [-0.25, -0.2) is 12.8 Å². The maximum Gasteiger partial charge on any atom is 0.262 e. The summed E-state index contributed by atoms with van der Waals surface area (Å²) in [5.74, 6) is -0.601. The zero-order valence-corrected chi connectivity index (χ0v) is 11.9. The molecule has 0 aliphatic rings. The minimum atomic E-state index is -3.86. The zero-order valence-electron chi connectivity index (χ0n) is 11.1. The molecular weight excluding hydrogens is 283 g/mol. The molecule has 6 nitrogen and oxygen atoms in total. The Labute approximate surface area is 116 Å². The van der Waals surface area contributed by atoms with Crippen LogP contribution in [0.5, 0.6) is 0 Å². The summed E-state index contributed by atoms with van der Waals surface area (Å²) in [7, 11) is -0.497. The molecular formula is C12H15FN4O2S. The van der Waals surface area contributed by atoms with Gasteiger partial charge in [-0.05, 0) is 24.7 Å². The summed E-state index contributed by atoms with van der Waals surface area (Å²) < 4.78 is 41.8. The van der Waals surface area contributed by atoms with Crippen molar-refractivity contribution in [1.29, 1.82) is 0 Å². The van der Waals surface area contributed by atoms with Crippen molar-refractivity contribution < 1.29 is 12.8 Å². The first-order valence-electron chi connectivity index (χ1n) is 5.87. The molecule has 8 heteroatoms. The summed E-state index contributed by atoms with van der Waals surface area (Å²) in [4.78, 5) is -0.0873. The highest BCUT2D eigenvalue weighted by atomic mass is 32.2. The number of sulfonamides is 1. The van der Waals surface area contributed by atoms with Gasteiger partial charge in [-0.15, -0.1) is 0 Å². The van der Waals surface area contributed by atoms with Crippen LogP contribution in [0, 0.1) is 5.82 Å². The van der Waals surface area contributed by atoms with Gasteiger partial charge in [-0.1, -0.05) is 6.07 Å². The molecule has 0 amide bonds. The summed E-state index contributed by atoms with van der Waals surface area (Å²) in [5, 5.41) is 6.73. The Kier molecular flexibility index (Phi) is 4.05. The second-order valence-corrected chi connectivity index (χ2v) is 5.94. The Morgan fingerprint density at radius 3 is 2.75 bits per heavy atom. The number of rotatable bonds is 5. The number of halogens is 1. The van der Waals surface area contributed by atoms with Crippen LogP contribution >= 0.6 is 0 Å². The zero-order chi connectivity index (χ0) is 14.8. The van der Waals surface area contributed by atoms with Crippen LogP contribution in [0.15, 0.2) is 35.5 Å². The predicted octanol–water partition coefficient (Wildman–Crippen LogP) is 1.08. The molecule has 0 radical (unpaired) electrons. The van der Waals surface area contributed by atoms with E-state index in [4.69, 9.17) is 0 Å². The number of aryl methyl sites for hydroxylation is 1. The van der Waals surface area contributed by atoms with Crippen LogP contribution < -0.4 is 10.0 Å². The molecule has 0 fully saturated rings. The van der Waals surface area contributed by atoms with Gasteiger partial charge in [0.05, 0.1) is 16.8 Å². The van der Waals surface area contributed by atoms with E-state index in [-0.39, 0.29) is 4.90 Å². The highest BCUT2D eigenvalue weighted by molar-refractivity contribution is 7.92. The van der Waals surface area contributed by atoms with Crippen LogP contribution in [-0.2, 0) is 23.6 Å². The average Bonchev–Trinajstić information content (AvgIpc) is 2.76. The van der Waals surface area contributed by atoms with E-state index in [0.29, 0.717) is 17.8 Å². The van der Waals surface area contributed by atoms with Gasteiger partial charge in [0.15, 0.2) is 0 Å². The van der Waals surface area contributed by atoms with Gasteiger partial charge < -0.3 is 5.32 Å². The van der Waals surface area contributed by atoms with Crippen molar-refractivity contribution in [2.75, 3.05) is 11.8 Å². The van der Waals surface area contributed by atoms with Crippen LogP contribution in [0.4, 0.5) is 10.1 Å². The first-order valence-corrected chi connectivity index (χ1v) is 7.35. The van der Waals surface area contributed by atoms with Gasteiger partial charge in [-0.3, -0.25) is 9.40 Å². The number of hydrogen-bond acceptors (Lipinski definition) is 4. The van der Waals surface area contributed by atoms with Crippen molar-refractivity contribution in [2.45, 2.75) is 11.4 Å². The molecule has 108 valence electrons. The largest absolute Gasteiger partial charge is 0.316 e. The van der Waals surface area contributed by atoms with Crippen molar-refractivity contribution in [3.8, 4) is 0 Å². The standard InChI is InChI=1S/C12H15FN4O2S/c1-14-6-9-3-4-10(13)5-12(9)20(18,19)16-11-7-15-17(2)8-11/h3-5,7-8,14,16H,6H2,1-2H3. The lowest BCUT2D eigenvalue weighted by Gasteiger charge is -2.11. The van der Waals surface area contributed by atoms with Crippen molar-refractivity contribution >= 4 is 15.7 Å². The summed E-state index contributed by atoms with van der Waals surface area (Å²) >= 11 is 0. The van der Waals surface area contributed by atoms with Gasteiger partial charge >= 0.3 is 0 Å². The van der Waals surface area contributed by atoms with Crippen LogP contribution in [0.2, 0.25) is 0 Å². The molecule has 20 heavy (non-hydrogen) atoms. The maximum atomic E-state index is 13.3. The minimum Gasteiger partial charge on any atom is -0.316 e. The monoisotopic (exact) mass is 298 g/mol. The third-order valence-corrected chi connectivity index (χ3v) is 4.11. The molecule has 0 aliphatic carbocycles. The van der Waals surface area contributed by atoms with Crippen molar-refractivity contribution in [2.24, 2.45) is 7.05 Å². The lowest BCUT2D eigenvalue weighted by molar-refractivity contribution is 0.592. The fourth-order valence-electron chi connectivity index (χ4n) is 1.80. The van der Waals surface area contributed by atoms with Crippen LogP contribution in [0.3, 0.4) is 0 Å². The molecule has 0 saturated carbocycles. The highest BCUT2D eigenvalue weighted by Crippen LogP contribution is 2.20. The van der Waals surface area contributed by atoms with E-state index in [2.05, 4.69) is 15.1 Å². The quantitative estimate of drug-likeness (QED) is 0.866. The normalized spacial score (nSPS) is 11.6. The second-order valence-electron chi connectivity index (χ2n) is 4.29. The number of anilines is 1. The first-order chi connectivity index (χ1) is 9.42. The number of nitrogens with one attached hydrogen (secondary N) is 2. The number of benzene rings is 1. The summed E-state index contributed by atoms with van der Waals surface area (Å²) in [6.45, 7) is 0.323. The van der Waals surface area contributed by atoms with Crippen LogP contribution in [0.1, 0.15) is 5.56 Å². The van der Waals surface area contributed by atoms with E-state index in [9.17, 15) is 12.8 Å². The van der Waals surface area contributed by atoms with Gasteiger partial charge in [-0.2, -0.15) is 5.10 Å². The molecule has 1 aromatic carbocycles. The number of nitrogens with zero attached hydrogens (tertiary/aromatic N) is 2. The smallest absolute Gasteiger partial charge is 0.262 e. The van der Waals surface area contributed by atoms with Gasteiger partial charge in [0.1, 0.15) is 5.82 Å². The van der Waals surface area contributed by atoms with Crippen LogP contribution in [-0.4, -0.2) is 25.2 Å². The SMILES string of the molecule is CNCc1ccc(F)cc1S(=O)(=O)Nc1cnn(C)c1. The first kappa shape index (κ1) is 14.5. The summed E-state index contributed by atoms with van der Waals surface area (Å²) in [6, 6.07) is 3.69. The average molecular weight is 298 g/mol. The molecule has 2 aromatic rings. The Morgan fingerprint density at radius 2 is 2.15 bits per heavy atom. The Balaban J connectivity index is 2.40. The molecule has 2 N–H and O–H groups in total. The van der Waals surface area contributed by atoms with E-state index >= 15 is 0 Å². The topological polar surface area (TPSA) is 76.0 Å². The van der Waals surface area contributed by atoms with Crippen molar-refractivity contribution in [3.63, 3.8) is 0 Å². The Hall–Kier alpha value is -1.93. The van der Waals surface area contributed by atoms with Gasteiger partial charge in [0.25, 0.3) is 10.0 Å². The summed E-state index contributed by atoms with van der Waals surface area (Å²) in [6.07, 6.45) is 2.91. The fraction of sp³-hybridized carbons (Fsp3) is 0.250. The maximum absolute atomic E-state index is 13.3. The molecule has 1 heterocycles. The van der Waals surface area contributed by atoms with E-state index in [1.807, 2.05) is 0 Å². The molecule has 0 saturated heterocycles. The molecule has 2 rings (SSSR count). The summed E-state index contributed by atoms with van der Waals surface area (Å²) in [5.41, 5.74) is 0.817. The Bertz CT molecular complexity index is 712. The Morgan fingerprint density at radius 1 is 1.40 bits per heavy atom. The highest BCUT2D eigenvalue weighted by Gasteiger charge is 2.19. The number of hydrogen-bond donors (Lipinski definition) is 2. The van der Waals surface area contributed by atoms with Gasteiger partial charge in [0, 0.05) is 19.8 Å². The van der Waals surface area contributed by atoms with E-state index in [1.165, 1.54) is 29.2 Å². The fourth-order valence-corrected chi connectivity index (χ4v) is 3.08. The second kappa shape index (κ2) is 5.59. The lowest BCUT2D eigenvalue weighted by Crippen LogP contribution is -2.17. The van der Waals surface area contributed by atoms with Gasteiger partial charge in [0.2, 0.25) is 0 Å². The molecule has 0 spiro atoms. The lowest BCUT2D eigenvalue weighted by atomic mass is 10.2. The predicted molar refractivity (Wildman–Crippen MR) is 73.2 cm³/mol. The van der Waals surface area contributed by atoms with E-state index < -0.39 is 15.8 Å². The molecule has 0 bridgehead atoms. The molecule has 1 aromatic heterocycles.